The molecule has 0 unspecified atom stereocenters. The van der Waals surface area contributed by atoms with E-state index in [0.29, 0.717) is 0 Å². The molecule has 0 rings (SSSR count). The van der Waals surface area contributed by atoms with Gasteiger partial charge in [-0.1, -0.05) is 50.5 Å². The summed E-state index contributed by atoms with van der Waals surface area (Å²) in [7, 11) is -1.01. The molecule has 0 aromatic rings. The molecule has 12 heavy (non-hydrogen) atoms. The molecule has 0 aliphatic rings. The van der Waals surface area contributed by atoms with E-state index in [4.69, 9.17) is 0 Å². The van der Waals surface area contributed by atoms with Crippen LogP contribution in [-0.4, -0.2) is 8.07 Å². The van der Waals surface area contributed by atoms with Crippen LogP contribution in [0.2, 0.25) is 19.6 Å². The third-order valence-electron chi connectivity index (χ3n) is 1.42. The summed E-state index contributed by atoms with van der Waals surface area (Å²) in [6.07, 6.45) is 5.55. The number of allylic oxidation sites excluding steroid dienone is 1. The van der Waals surface area contributed by atoms with Crippen LogP contribution in [0.3, 0.4) is 0 Å². The molecule has 0 N–H and O–H groups in total. The number of unbranched alkanes of at least 4 members (excludes halogenated alkanes) is 2. The second-order valence-electron chi connectivity index (χ2n) is 4.12. The van der Waals surface area contributed by atoms with Crippen LogP contribution in [0, 0.1) is 11.8 Å². The minimum atomic E-state index is -1.01. The lowest BCUT2D eigenvalue weighted by Crippen LogP contribution is -2.14. The van der Waals surface area contributed by atoms with E-state index in [2.05, 4.69) is 44.1 Å². The Bertz CT molecular complexity index is 185. The standard InChI is InChI=1S/C11H20Si/c1-5-6-7-8-9-10-11-12(2,3)4/h10-11H,5-7H2,1-4H3/b11-10+. The van der Waals surface area contributed by atoms with Gasteiger partial charge in [0.25, 0.3) is 0 Å². The summed E-state index contributed by atoms with van der Waals surface area (Å²) in [5.74, 6) is 6.23. The van der Waals surface area contributed by atoms with Gasteiger partial charge in [-0.2, -0.15) is 0 Å². The molecule has 0 radical (unpaired) electrons. The lowest BCUT2D eigenvalue weighted by Gasteiger charge is -2.05. The Kier molecular flexibility index (Phi) is 5.83. The summed E-state index contributed by atoms with van der Waals surface area (Å²) >= 11 is 0. The molecule has 0 spiro atoms. The summed E-state index contributed by atoms with van der Waals surface area (Å²) in [4.78, 5) is 0. The molecule has 0 atom stereocenters. The first-order chi connectivity index (χ1) is 5.56. The van der Waals surface area contributed by atoms with Crippen LogP contribution in [-0.2, 0) is 0 Å². The molecular formula is C11H20Si. The Hall–Kier alpha value is -0.483. The molecule has 0 heterocycles. The molecule has 68 valence electrons. The van der Waals surface area contributed by atoms with Crippen molar-refractivity contribution in [1.82, 2.24) is 0 Å². The molecule has 0 aliphatic carbocycles. The molecule has 0 saturated carbocycles. The Morgan fingerprint density at radius 2 is 1.92 bits per heavy atom. The summed E-state index contributed by atoms with van der Waals surface area (Å²) in [6, 6.07) is 0. The molecule has 0 aromatic carbocycles. The summed E-state index contributed by atoms with van der Waals surface area (Å²) in [6.45, 7) is 9.14. The molecule has 0 amide bonds. The van der Waals surface area contributed by atoms with Gasteiger partial charge >= 0.3 is 0 Å². The summed E-state index contributed by atoms with van der Waals surface area (Å²) in [5.41, 5.74) is 2.28. The lowest BCUT2D eigenvalue weighted by atomic mass is 10.2. The average Bonchev–Trinajstić information content (AvgIpc) is 1.94. The second kappa shape index (κ2) is 6.08. The van der Waals surface area contributed by atoms with E-state index >= 15 is 0 Å². The van der Waals surface area contributed by atoms with Gasteiger partial charge in [0.2, 0.25) is 0 Å². The summed E-state index contributed by atoms with van der Waals surface area (Å²) in [5, 5.41) is 0. The highest BCUT2D eigenvalue weighted by Crippen LogP contribution is 2.00. The van der Waals surface area contributed by atoms with Gasteiger partial charge in [-0.3, -0.25) is 0 Å². The van der Waals surface area contributed by atoms with Crippen LogP contribution < -0.4 is 0 Å². The van der Waals surface area contributed by atoms with E-state index in [-0.39, 0.29) is 0 Å². The molecule has 0 bridgehead atoms. The van der Waals surface area contributed by atoms with Gasteiger partial charge in [-0.25, -0.2) is 0 Å². The normalized spacial score (nSPS) is 11.3. The first-order valence-corrected chi connectivity index (χ1v) is 8.30. The Morgan fingerprint density at radius 3 is 2.42 bits per heavy atom. The van der Waals surface area contributed by atoms with Crippen LogP contribution in [0.25, 0.3) is 0 Å². The quantitative estimate of drug-likeness (QED) is 0.353. The van der Waals surface area contributed by atoms with Gasteiger partial charge in [-0.15, -0.1) is 0 Å². The molecule has 0 saturated heterocycles. The van der Waals surface area contributed by atoms with Crippen LogP contribution in [0.1, 0.15) is 26.2 Å². The van der Waals surface area contributed by atoms with Crippen molar-refractivity contribution in [3.05, 3.63) is 11.8 Å². The Labute approximate surface area is 78.1 Å². The second-order valence-corrected chi connectivity index (χ2v) is 9.19. The highest BCUT2D eigenvalue weighted by molar-refractivity contribution is 6.81. The van der Waals surface area contributed by atoms with Crippen molar-refractivity contribution in [3.8, 4) is 11.8 Å². The molecule has 1 heteroatoms. The van der Waals surface area contributed by atoms with Crippen LogP contribution in [0.5, 0.6) is 0 Å². The predicted octanol–water partition coefficient (Wildman–Crippen LogP) is 3.61. The van der Waals surface area contributed by atoms with Crippen molar-refractivity contribution in [2.24, 2.45) is 0 Å². The molecule has 0 aromatic heterocycles. The van der Waals surface area contributed by atoms with Crippen LogP contribution >= 0.6 is 0 Å². The van der Waals surface area contributed by atoms with Gasteiger partial charge in [0.05, 0.1) is 8.07 Å². The minimum Gasteiger partial charge on any atom is -0.0985 e. The fourth-order valence-corrected chi connectivity index (χ4v) is 1.27. The van der Waals surface area contributed by atoms with E-state index < -0.39 is 8.07 Å². The first kappa shape index (κ1) is 11.5. The third kappa shape index (κ3) is 9.52. The minimum absolute atomic E-state index is 1.01. The van der Waals surface area contributed by atoms with Crippen LogP contribution in [0.4, 0.5) is 0 Å². The molecular weight excluding hydrogens is 160 g/mol. The van der Waals surface area contributed by atoms with Crippen molar-refractivity contribution in [2.45, 2.75) is 45.8 Å². The van der Waals surface area contributed by atoms with Gasteiger partial charge in [-0.05, 0) is 12.5 Å². The fourth-order valence-electron chi connectivity index (χ4n) is 0.688. The number of hydrogen-bond donors (Lipinski definition) is 0. The SMILES string of the molecule is CCCCC#C/C=C/[Si](C)(C)C. The van der Waals surface area contributed by atoms with Crippen molar-refractivity contribution in [3.63, 3.8) is 0 Å². The third-order valence-corrected chi connectivity index (χ3v) is 2.59. The van der Waals surface area contributed by atoms with Gasteiger partial charge in [0.1, 0.15) is 0 Å². The van der Waals surface area contributed by atoms with Gasteiger partial charge in [0.15, 0.2) is 0 Å². The zero-order valence-corrected chi connectivity index (χ0v) is 9.78. The van der Waals surface area contributed by atoms with Crippen LogP contribution in [0.15, 0.2) is 11.8 Å². The Morgan fingerprint density at radius 1 is 1.25 bits per heavy atom. The highest BCUT2D eigenvalue weighted by atomic mass is 28.3. The van der Waals surface area contributed by atoms with Crippen molar-refractivity contribution in [1.29, 1.82) is 0 Å². The van der Waals surface area contributed by atoms with Crippen molar-refractivity contribution < 1.29 is 0 Å². The number of hydrogen-bond acceptors (Lipinski definition) is 0. The monoisotopic (exact) mass is 180 g/mol. The summed E-state index contributed by atoms with van der Waals surface area (Å²) < 4.78 is 0. The number of rotatable bonds is 3. The average molecular weight is 180 g/mol. The maximum absolute atomic E-state index is 3.14. The lowest BCUT2D eigenvalue weighted by molar-refractivity contribution is 0.828. The maximum atomic E-state index is 3.14. The van der Waals surface area contributed by atoms with Gasteiger partial charge in [0, 0.05) is 6.42 Å². The van der Waals surface area contributed by atoms with E-state index in [1.165, 1.54) is 12.8 Å². The largest absolute Gasteiger partial charge is 0.0985 e. The zero-order chi connectivity index (χ0) is 9.45. The van der Waals surface area contributed by atoms with E-state index in [1.807, 2.05) is 6.08 Å². The zero-order valence-electron chi connectivity index (χ0n) is 8.78. The Balaban J connectivity index is 3.63. The first-order valence-electron chi connectivity index (χ1n) is 4.72. The maximum Gasteiger partial charge on any atom is 0.0695 e. The molecule has 0 aliphatic heterocycles. The smallest absolute Gasteiger partial charge is 0.0695 e. The molecule has 0 nitrogen and oxygen atoms in total. The topological polar surface area (TPSA) is 0 Å². The molecule has 0 fully saturated rings. The van der Waals surface area contributed by atoms with Gasteiger partial charge < -0.3 is 0 Å². The fraction of sp³-hybridized carbons (Fsp3) is 0.636. The van der Waals surface area contributed by atoms with Crippen molar-refractivity contribution in [2.75, 3.05) is 0 Å². The highest BCUT2D eigenvalue weighted by Gasteiger charge is 2.05. The van der Waals surface area contributed by atoms with E-state index in [9.17, 15) is 0 Å². The van der Waals surface area contributed by atoms with E-state index in [0.717, 1.165) is 6.42 Å². The predicted molar refractivity (Wildman–Crippen MR) is 59.8 cm³/mol. The van der Waals surface area contributed by atoms with E-state index in [1.54, 1.807) is 0 Å². The van der Waals surface area contributed by atoms with Crippen molar-refractivity contribution >= 4 is 8.07 Å².